The van der Waals surface area contributed by atoms with Gasteiger partial charge in [-0.15, -0.1) is 10.2 Å². The fourth-order valence-electron chi connectivity index (χ4n) is 3.00. The van der Waals surface area contributed by atoms with Gasteiger partial charge in [0.2, 0.25) is 0 Å². The molecule has 3 aromatic heterocycles. The van der Waals surface area contributed by atoms with Gasteiger partial charge in [0.15, 0.2) is 5.16 Å². The van der Waals surface area contributed by atoms with Crippen molar-refractivity contribution < 1.29 is 4.74 Å². The number of imidazole rings is 1. The van der Waals surface area contributed by atoms with Crippen LogP contribution in [0.15, 0.2) is 60.0 Å². The molecule has 0 aliphatic rings. The number of aromatic nitrogens is 5. The first-order valence-corrected chi connectivity index (χ1v) is 9.86. The van der Waals surface area contributed by atoms with Crippen LogP contribution in [0.3, 0.4) is 0 Å². The molecule has 7 heteroatoms. The number of rotatable bonds is 7. The van der Waals surface area contributed by atoms with Gasteiger partial charge in [0.25, 0.3) is 0 Å². The molecule has 0 bridgehead atoms. The Balaban J connectivity index is 1.48. The molecule has 1 aromatic carbocycles. The summed E-state index contributed by atoms with van der Waals surface area (Å²) in [5.74, 6) is 2.60. The van der Waals surface area contributed by atoms with Gasteiger partial charge in [-0.05, 0) is 36.8 Å². The van der Waals surface area contributed by atoms with Crippen LogP contribution >= 0.6 is 11.8 Å². The lowest BCUT2D eigenvalue weighted by Gasteiger charge is -2.07. The molecular formula is C20H21N5OS. The van der Waals surface area contributed by atoms with Crippen molar-refractivity contribution in [3.05, 3.63) is 71.9 Å². The Morgan fingerprint density at radius 2 is 1.93 bits per heavy atom. The van der Waals surface area contributed by atoms with Crippen LogP contribution in [0.2, 0.25) is 0 Å². The van der Waals surface area contributed by atoms with Gasteiger partial charge >= 0.3 is 0 Å². The minimum atomic E-state index is 0.750. The Labute approximate surface area is 162 Å². The topological polar surface area (TPSA) is 57.2 Å². The van der Waals surface area contributed by atoms with Gasteiger partial charge in [0.1, 0.15) is 17.2 Å². The molecule has 138 valence electrons. The van der Waals surface area contributed by atoms with Crippen molar-refractivity contribution in [3.8, 4) is 5.75 Å². The first kappa shape index (κ1) is 17.6. The minimum Gasteiger partial charge on any atom is -0.497 e. The highest BCUT2D eigenvalue weighted by Crippen LogP contribution is 2.23. The van der Waals surface area contributed by atoms with Gasteiger partial charge < -0.3 is 13.7 Å². The van der Waals surface area contributed by atoms with Crippen molar-refractivity contribution in [2.24, 2.45) is 0 Å². The molecule has 27 heavy (non-hydrogen) atoms. The number of thioether (sulfide) groups is 1. The molecule has 0 radical (unpaired) electrons. The van der Waals surface area contributed by atoms with Gasteiger partial charge in [0, 0.05) is 31.1 Å². The Bertz CT molecular complexity index is 1010. The lowest BCUT2D eigenvalue weighted by atomic mass is 10.1. The summed E-state index contributed by atoms with van der Waals surface area (Å²) in [7, 11) is 1.68. The Hall–Kier alpha value is -2.80. The number of methoxy groups -OCH3 is 1. The van der Waals surface area contributed by atoms with E-state index in [1.54, 1.807) is 18.9 Å². The van der Waals surface area contributed by atoms with Crippen molar-refractivity contribution in [1.29, 1.82) is 0 Å². The van der Waals surface area contributed by atoms with E-state index in [0.717, 1.165) is 46.8 Å². The zero-order valence-electron chi connectivity index (χ0n) is 15.4. The highest BCUT2D eigenvalue weighted by Gasteiger charge is 2.13. The molecule has 0 aliphatic heterocycles. The van der Waals surface area contributed by atoms with Crippen LogP contribution < -0.4 is 4.74 Å². The third-order valence-corrected chi connectivity index (χ3v) is 5.39. The summed E-state index contributed by atoms with van der Waals surface area (Å²) in [6.07, 6.45) is 4.82. The van der Waals surface area contributed by atoms with Gasteiger partial charge in [-0.1, -0.05) is 30.0 Å². The fourth-order valence-corrected chi connectivity index (χ4v) is 3.90. The van der Waals surface area contributed by atoms with E-state index in [1.807, 2.05) is 40.9 Å². The number of ether oxygens (including phenoxy) is 1. The third kappa shape index (κ3) is 3.83. The van der Waals surface area contributed by atoms with Crippen molar-refractivity contribution in [2.45, 2.75) is 30.8 Å². The monoisotopic (exact) mass is 379 g/mol. The maximum Gasteiger partial charge on any atom is 0.191 e. The molecule has 0 amide bonds. The van der Waals surface area contributed by atoms with E-state index < -0.39 is 0 Å². The largest absolute Gasteiger partial charge is 0.497 e. The Morgan fingerprint density at radius 3 is 2.67 bits per heavy atom. The third-order valence-electron chi connectivity index (χ3n) is 4.39. The smallest absolute Gasteiger partial charge is 0.191 e. The maximum atomic E-state index is 5.22. The second-order valence-corrected chi connectivity index (χ2v) is 7.10. The number of nitrogens with zero attached hydrogens (tertiary/aromatic N) is 5. The van der Waals surface area contributed by atoms with Crippen LogP contribution in [0.25, 0.3) is 5.65 Å². The molecule has 0 unspecified atom stereocenters. The minimum absolute atomic E-state index is 0.750. The predicted octanol–water partition coefficient (Wildman–Crippen LogP) is 3.84. The molecule has 0 saturated carbocycles. The second-order valence-electron chi connectivity index (χ2n) is 6.15. The second kappa shape index (κ2) is 7.84. The maximum absolute atomic E-state index is 5.22. The average molecular weight is 379 g/mol. The number of hydrogen-bond donors (Lipinski definition) is 0. The summed E-state index contributed by atoms with van der Waals surface area (Å²) in [6.45, 7) is 2.96. The van der Waals surface area contributed by atoms with Crippen molar-refractivity contribution in [1.82, 2.24) is 24.1 Å². The zero-order chi connectivity index (χ0) is 18.6. The Morgan fingerprint density at radius 1 is 1.07 bits per heavy atom. The highest BCUT2D eigenvalue weighted by molar-refractivity contribution is 7.98. The molecule has 6 nitrogen and oxygen atoms in total. The summed E-state index contributed by atoms with van der Waals surface area (Å²) < 4.78 is 9.43. The summed E-state index contributed by atoms with van der Waals surface area (Å²) >= 11 is 1.67. The van der Waals surface area contributed by atoms with Gasteiger partial charge in [0.05, 0.1) is 12.8 Å². The molecule has 4 rings (SSSR count). The van der Waals surface area contributed by atoms with Gasteiger partial charge in [-0.25, -0.2) is 4.98 Å². The van der Waals surface area contributed by atoms with Gasteiger partial charge in [-0.2, -0.15) is 0 Å². The highest BCUT2D eigenvalue weighted by atomic mass is 32.2. The summed E-state index contributed by atoms with van der Waals surface area (Å²) in [6, 6.07) is 14.1. The van der Waals surface area contributed by atoms with E-state index in [-0.39, 0.29) is 0 Å². The zero-order valence-corrected chi connectivity index (χ0v) is 16.2. The van der Waals surface area contributed by atoms with E-state index in [9.17, 15) is 0 Å². The quantitative estimate of drug-likeness (QED) is 0.457. The van der Waals surface area contributed by atoms with E-state index >= 15 is 0 Å². The lowest BCUT2D eigenvalue weighted by Crippen LogP contribution is -2.04. The van der Waals surface area contributed by atoms with Crippen LogP contribution in [0.1, 0.15) is 24.0 Å². The Kier molecular flexibility index (Phi) is 5.11. The fraction of sp³-hybridized carbons (Fsp3) is 0.250. The molecule has 4 aromatic rings. The lowest BCUT2D eigenvalue weighted by molar-refractivity contribution is 0.414. The van der Waals surface area contributed by atoms with E-state index in [4.69, 9.17) is 4.74 Å². The van der Waals surface area contributed by atoms with Crippen LogP contribution in [0.4, 0.5) is 0 Å². The molecule has 0 aliphatic carbocycles. The number of fused-ring (bicyclic) bond motifs is 1. The molecule has 0 fully saturated rings. The normalized spacial score (nSPS) is 11.2. The first-order chi connectivity index (χ1) is 13.3. The molecule has 0 spiro atoms. The first-order valence-electron chi connectivity index (χ1n) is 8.87. The van der Waals surface area contributed by atoms with Crippen LogP contribution in [-0.4, -0.2) is 31.3 Å². The summed E-state index contributed by atoms with van der Waals surface area (Å²) in [5.41, 5.74) is 3.19. The van der Waals surface area contributed by atoms with Crippen molar-refractivity contribution in [2.75, 3.05) is 7.11 Å². The summed E-state index contributed by atoms with van der Waals surface area (Å²) in [5, 5.41) is 9.75. The predicted molar refractivity (Wildman–Crippen MR) is 106 cm³/mol. The van der Waals surface area contributed by atoms with Crippen molar-refractivity contribution in [3.63, 3.8) is 0 Å². The number of benzene rings is 1. The standard InChI is InChI=1S/C20H21N5OS/c1-3-25-19(12-15-7-9-17(26-2)10-8-15)22-23-20(25)27-14-16-13-24-11-5-4-6-18(24)21-16/h4-11,13H,3,12,14H2,1-2H3. The number of pyridine rings is 1. The molecule has 0 N–H and O–H groups in total. The van der Waals surface area contributed by atoms with E-state index in [2.05, 4.69) is 45.0 Å². The van der Waals surface area contributed by atoms with Crippen LogP contribution in [0.5, 0.6) is 5.75 Å². The molecule has 0 saturated heterocycles. The van der Waals surface area contributed by atoms with Crippen LogP contribution in [0, 0.1) is 0 Å². The summed E-state index contributed by atoms with van der Waals surface area (Å²) in [4.78, 5) is 4.65. The number of hydrogen-bond acceptors (Lipinski definition) is 5. The molecule has 0 atom stereocenters. The van der Waals surface area contributed by atoms with Crippen LogP contribution in [-0.2, 0) is 18.7 Å². The average Bonchev–Trinajstić information content (AvgIpc) is 3.30. The molecule has 3 heterocycles. The van der Waals surface area contributed by atoms with E-state index in [0.29, 0.717) is 0 Å². The molecular weight excluding hydrogens is 358 g/mol. The van der Waals surface area contributed by atoms with Gasteiger partial charge in [-0.3, -0.25) is 0 Å². The SMILES string of the molecule is CCn1c(Cc2ccc(OC)cc2)nnc1SCc1cn2ccccc2n1. The van der Waals surface area contributed by atoms with Crippen molar-refractivity contribution >= 4 is 17.4 Å². The van der Waals surface area contributed by atoms with E-state index in [1.165, 1.54) is 5.56 Å².